The van der Waals surface area contributed by atoms with Gasteiger partial charge >= 0.3 is 0 Å². The number of ether oxygens (including phenoxy) is 1. The summed E-state index contributed by atoms with van der Waals surface area (Å²) in [5, 5.41) is 4.80. The third-order valence-electron chi connectivity index (χ3n) is 5.75. The van der Waals surface area contributed by atoms with E-state index in [0.717, 1.165) is 41.4 Å². The monoisotopic (exact) mass is 403 g/mol. The second-order valence-electron chi connectivity index (χ2n) is 8.18. The van der Waals surface area contributed by atoms with Gasteiger partial charge in [0.25, 0.3) is 0 Å². The summed E-state index contributed by atoms with van der Waals surface area (Å²) < 4.78 is 7.32. The van der Waals surface area contributed by atoms with Crippen LogP contribution in [-0.4, -0.2) is 29.3 Å². The average molecular weight is 404 g/mol. The summed E-state index contributed by atoms with van der Waals surface area (Å²) in [6.45, 7) is 8.00. The molecule has 1 aromatic heterocycles. The molecule has 0 saturated carbocycles. The predicted octanol–water partition coefficient (Wildman–Crippen LogP) is 4.97. The predicted molar refractivity (Wildman–Crippen MR) is 120 cm³/mol. The number of benzene rings is 2. The van der Waals surface area contributed by atoms with Gasteiger partial charge in [0.2, 0.25) is 5.91 Å². The Morgan fingerprint density at radius 1 is 1.13 bits per heavy atom. The number of hydrogen-bond donors (Lipinski definition) is 0. The summed E-state index contributed by atoms with van der Waals surface area (Å²) in [7, 11) is 1.64. The van der Waals surface area contributed by atoms with Crippen molar-refractivity contribution in [2.75, 3.05) is 18.6 Å². The molecule has 4 rings (SSSR count). The fourth-order valence-electron chi connectivity index (χ4n) is 4.32. The lowest BCUT2D eigenvalue weighted by Gasteiger charge is -2.29. The lowest BCUT2D eigenvalue weighted by molar-refractivity contribution is -0.118. The zero-order valence-corrected chi connectivity index (χ0v) is 18.2. The van der Waals surface area contributed by atoms with Gasteiger partial charge in [-0.2, -0.15) is 5.10 Å². The van der Waals surface area contributed by atoms with Gasteiger partial charge in [-0.1, -0.05) is 50.2 Å². The van der Waals surface area contributed by atoms with Crippen molar-refractivity contribution in [1.29, 1.82) is 0 Å². The number of hydrogen-bond acceptors (Lipinski definition) is 3. The van der Waals surface area contributed by atoms with E-state index in [2.05, 4.69) is 38.1 Å². The Balaban J connectivity index is 1.75. The molecule has 0 saturated heterocycles. The van der Waals surface area contributed by atoms with Crippen molar-refractivity contribution in [3.05, 3.63) is 65.4 Å². The van der Waals surface area contributed by atoms with Crippen LogP contribution in [0.5, 0.6) is 5.75 Å². The first kappa shape index (κ1) is 20.2. The standard InChI is InChI=1S/C25H29N3O2/c1-17(2)21-11-5-6-12-22(21)24-18(3)26-28-14-8-13-27(25(24)28)23(29)16-19-9-7-10-20(15-19)30-4/h5-7,9-12,15,17H,8,13-14,16H2,1-4H3. The summed E-state index contributed by atoms with van der Waals surface area (Å²) in [6, 6.07) is 16.2. The van der Waals surface area contributed by atoms with Crippen molar-refractivity contribution < 1.29 is 9.53 Å². The number of amides is 1. The molecule has 0 fully saturated rings. The van der Waals surface area contributed by atoms with E-state index in [1.807, 2.05) is 40.8 Å². The minimum atomic E-state index is 0.0902. The smallest absolute Gasteiger partial charge is 0.232 e. The van der Waals surface area contributed by atoms with Gasteiger partial charge in [-0.25, -0.2) is 4.68 Å². The van der Waals surface area contributed by atoms with Crippen LogP contribution >= 0.6 is 0 Å². The molecule has 0 spiro atoms. The topological polar surface area (TPSA) is 47.4 Å². The Morgan fingerprint density at radius 3 is 2.70 bits per heavy atom. The largest absolute Gasteiger partial charge is 0.497 e. The van der Waals surface area contributed by atoms with E-state index in [9.17, 15) is 4.79 Å². The molecule has 2 aromatic carbocycles. The van der Waals surface area contributed by atoms with Crippen LogP contribution in [-0.2, 0) is 17.8 Å². The lowest BCUT2D eigenvalue weighted by Crippen LogP contribution is -2.38. The Bertz CT molecular complexity index is 1070. The number of aromatic nitrogens is 2. The zero-order chi connectivity index (χ0) is 21.3. The Hall–Kier alpha value is -3.08. The number of anilines is 1. The molecule has 5 nitrogen and oxygen atoms in total. The molecule has 30 heavy (non-hydrogen) atoms. The molecule has 5 heteroatoms. The molecule has 156 valence electrons. The van der Waals surface area contributed by atoms with Crippen molar-refractivity contribution in [3.63, 3.8) is 0 Å². The van der Waals surface area contributed by atoms with Crippen molar-refractivity contribution in [3.8, 4) is 16.9 Å². The summed E-state index contributed by atoms with van der Waals surface area (Å²) in [6.07, 6.45) is 1.25. The quantitative estimate of drug-likeness (QED) is 0.604. The van der Waals surface area contributed by atoms with E-state index in [-0.39, 0.29) is 5.91 Å². The number of fused-ring (bicyclic) bond motifs is 1. The van der Waals surface area contributed by atoms with Gasteiger partial charge in [-0.3, -0.25) is 9.69 Å². The van der Waals surface area contributed by atoms with E-state index in [1.165, 1.54) is 11.1 Å². The molecule has 0 radical (unpaired) electrons. The Kier molecular flexibility index (Phi) is 5.62. The molecular weight excluding hydrogens is 374 g/mol. The van der Waals surface area contributed by atoms with Crippen molar-refractivity contribution >= 4 is 11.7 Å². The second-order valence-corrected chi connectivity index (χ2v) is 8.18. The van der Waals surface area contributed by atoms with Crippen molar-refractivity contribution in [1.82, 2.24) is 9.78 Å². The van der Waals surface area contributed by atoms with E-state index >= 15 is 0 Å². The third-order valence-corrected chi connectivity index (χ3v) is 5.75. The summed E-state index contributed by atoms with van der Waals surface area (Å²) >= 11 is 0. The normalized spacial score (nSPS) is 13.4. The summed E-state index contributed by atoms with van der Waals surface area (Å²) in [4.78, 5) is 15.3. The first-order valence-corrected chi connectivity index (χ1v) is 10.6. The van der Waals surface area contributed by atoms with Crippen LogP contribution in [0.2, 0.25) is 0 Å². The van der Waals surface area contributed by atoms with Crippen LogP contribution in [0.25, 0.3) is 11.1 Å². The fraction of sp³-hybridized carbons (Fsp3) is 0.360. The number of aryl methyl sites for hydroxylation is 2. The minimum Gasteiger partial charge on any atom is -0.497 e. The number of nitrogens with zero attached hydrogens (tertiary/aromatic N) is 3. The first-order valence-electron chi connectivity index (χ1n) is 10.6. The van der Waals surface area contributed by atoms with Crippen LogP contribution in [0.3, 0.4) is 0 Å². The Labute approximate surface area is 178 Å². The molecule has 1 aliphatic heterocycles. The maximum atomic E-state index is 13.4. The molecule has 0 atom stereocenters. The molecule has 2 heterocycles. The molecule has 1 aliphatic rings. The summed E-state index contributed by atoms with van der Waals surface area (Å²) in [5.74, 6) is 2.18. The van der Waals surface area contributed by atoms with Gasteiger partial charge in [0.05, 0.1) is 19.2 Å². The number of carbonyl (C=O) groups is 1. The van der Waals surface area contributed by atoms with Gasteiger partial charge in [0.15, 0.2) is 0 Å². The van der Waals surface area contributed by atoms with Crippen molar-refractivity contribution in [2.45, 2.75) is 46.1 Å². The van der Waals surface area contributed by atoms with Crippen LogP contribution in [0.15, 0.2) is 48.5 Å². The number of rotatable bonds is 5. The highest BCUT2D eigenvalue weighted by atomic mass is 16.5. The van der Waals surface area contributed by atoms with Crippen LogP contribution in [0.4, 0.5) is 5.82 Å². The maximum absolute atomic E-state index is 13.4. The van der Waals surface area contributed by atoms with E-state index in [1.54, 1.807) is 7.11 Å². The lowest BCUT2D eigenvalue weighted by atomic mass is 9.92. The second kappa shape index (κ2) is 8.34. The van der Waals surface area contributed by atoms with Gasteiger partial charge in [0, 0.05) is 18.7 Å². The third kappa shape index (κ3) is 3.72. The molecule has 0 unspecified atom stereocenters. The molecule has 1 amide bonds. The first-order chi connectivity index (χ1) is 14.5. The van der Waals surface area contributed by atoms with Gasteiger partial charge in [-0.15, -0.1) is 0 Å². The van der Waals surface area contributed by atoms with Crippen LogP contribution in [0, 0.1) is 6.92 Å². The molecule has 3 aromatic rings. The maximum Gasteiger partial charge on any atom is 0.232 e. The van der Waals surface area contributed by atoms with Crippen LogP contribution in [0.1, 0.15) is 43.0 Å². The number of methoxy groups -OCH3 is 1. The van der Waals surface area contributed by atoms with Gasteiger partial charge in [0.1, 0.15) is 11.6 Å². The van der Waals surface area contributed by atoms with Crippen LogP contribution < -0.4 is 9.64 Å². The SMILES string of the molecule is COc1cccc(CC(=O)N2CCCn3nc(C)c(-c4ccccc4C(C)C)c32)c1. The molecular formula is C25H29N3O2. The van der Waals surface area contributed by atoms with E-state index < -0.39 is 0 Å². The minimum absolute atomic E-state index is 0.0902. The molecule has 0 aliphatic carbocycles. The van der Waals surface area contributed by atoms with Gasteiger partial charge < -0.3 is 4.74 Å². The van der Waals surface area contributed by atoms with E-state index in [0.29, 0.717) is 18.9 Å². The Morgan fingerprint density at radius 2 is 1.93 bits per heavy atom. The zero-order valence-electron chi connectivity index (χ0n) is 18.2. The fourth-order valence-corrected chi connectivity index (χ4v) is 4.32. The molecule has 0 N–H and O–H groups in total. The van der Waals surface area contributed by atoms with E-state index in [4.69, 9.17) is 9.84 Å². The average Bonchev–Trinajstić information content (AvgIpc) is 3.09. The number of carbonyl (C=O) groups excluding carboxylic acids is 1. The molecule has 0 bridgehead atoms. The van der Waals surface area contributed by atoms with Crippen molar-refractivity contribution in [2.24, 2.45) is 0 Å². The highest BCUT2D eigenvalue weighted by molar-refractivity contribution is 5.98. The highest BCUT2D eigenvalue weighted by Crippen LogP contribution is 2.40. The summed E-state index contributed by atoms with van der Waals surface area (Å²) in [5.41, 5.74) is 5.46. The van der Waals surface area contributed by atoms with Gasteiger partial charge in [-0.05, 0) is 48.1 Å². The highest BCUT2D eigenvalue weighted by Gasteiger charge is 2.30.